The topological polar surface area (TPSA) is 67.8 Å². The number of hydrogen-bond acceptors (Lipinski definition) is 4. The summed E-state index contributed by atoms with van der Waals surface area (Å²) >= 11 is 0. The molecule has 0 saturated carbocycles. The summed E-state index contributed by atoms with van der Waals surface area (Å²) < 4.78 is 11.3. The molecule has 5 nitrogen and oxygen atoms in total. The van der Waals surface area contributed by atoms with Crippen LogP contribution in [0.3, 0.4) is 0 Å². The van der Waals surface area contributed by atoms with Gasteiger partial charge in [-0.05, 0) is 46.2 Å². The standard InChI is InChI=1S/C26H25NO4/c1-17-11-20(14-27-15-24(28)29)26(31-16-30-2)23(12-17)25-21-9-5-3-7-18(21)13-19-8-4-6-10-22(19)25/h3-13,27H,14-16H2,1-2H3,(H,28,29). The maximum absolute atomic E-state index is 11.0. The number of hydrogen-bond donors (Lipinski definition) is 2. The van der Waals surface area contributed by atoms with Crippen LogP contribution in [0, 0.1) is 6.92 Å². The molecule has 0 aliphatic rings. The van der Waals surface area contributed by atoms with Crippen molar-refractivity contribution in [2.75, 3.05) is 20.4 Å². The zero-order valence-corrected chi connectivity index (χ0v) is 17.6. The Morgan fingerprint density at radius 3 is 2.23 bits per heavy atom. The average Bonchev–Trinajstić information content (AvgIpc) is 2.76. The fourth-order valence-electron chi connectivity index (χ4n) is 4.06. The van der Waals surface area contributed by atoms with E-state index >= 15 is 0 Å². The summed E-state index contributed by atoms with van der Waals surface area (Å²) in [5, 5.41) is 16.6. The van der Waals surface area contributed by atoms with Crippen molar-refractivity contribution in [3.8, 4) is 16.9 Å². The predicted molar refractivity (Wildman–Crippen MR) is 123 cm³/mol. The lowest BCUT2D eigenvalue weighted by molar-refractivity contribution is -0.136. The quantitative estimate of drug-likeness (QED) is 0.309. The molecule has 0 heterocycles. The molecule has 5 heteroatoms. The molecule has 0 unspecified atom stereocenters. The molecule has 158 valence electrons. The number of rotatable bonds is 8. The van der Waals surface area contributed by atoms with Crippen molar-refractivity contribution in [3.05, 3.63) is 77.9 Å². The van der Waals surface area contributed by atoms with Gasteiger partial charge in [-0.2, -0.15) is 0 Å². The van der Waals surface area contributed by atoms with E-state index < -0.39 is 5.97 Å². The molecule has 4 aromatic rings. The minimum Gasteiger partial charge on any atom is -0.480 e. The largest absolute Gasteiger partial charge is 0.480 e. The Bertz CT molecular complexity index is 1200. The zero-order chi connectivity index (χ0) is 21.8. The van der Waals surface area contributed by atoms with Gasteiger partial charge in [0.25, 0.3) is 0 Å². The summed E-state index contributed by atoms with van der Waals surface area (Å²) in [6.07, 6.45) is 0. The zero-order valence-electron chi connectivity index (χ0n) is 17.6. The van der Waals surface area contributed by atoms with E-state index in [1.54, 1.807) is 7.11 Å². The summed E-state index contributed by atoms with van der Waals surface area (Å²) in [5.41, 5.74) is 4.04. The summed E-state index contributed by atoms with van der Waals surface area (Å²) in [4.78, 5) is 11.0. The number of fused-ring (bicyclic) bond motifs is 2. The molecule has 0 atom stereocenters. The highest BCUT2D eigenvalue weighted by Gasteiger charge is 2.18. The number of methoxy groups -OCH3 is 1. The van der Waals surface area contributed by atoms with Crippen LogP contribution in [0.5, 0.6) is 5.75 Å². The summed E-state index contributed by atoms with van der Waals surface area (Å²) in [5.74, 6) is -0.195. The van der Waals surface area contributed by atoms with Gasteiger partial charge in [0.2, 0.25) is 0 Å². The minimum absolute atomic E-state index is 0.102. The first kappa shape index (κ1) is 20.8. The summed E-state index contributed by atoms with van der Waals surface area (Å²) in [6, 6.07) is 23.0. The molecular weight excluding hydrogens is 390 g/mol. The molecule has 0 aromatic heterocycles. The third kappa shape index (κ3) is 4.38. The Kier molecular flexibility index (Phi) is 6.16. The van der Waals surface area contributed by atoms with Crippen LogP contribution in [0.1, 0.15) is 11.1 Å². The van der Waals surface area contributed by atoms with Gasteiger partial charge in [0.05, 0.1) is 6.54 Å². The van der Waals surface area contributed by atoms with E-state index in [1.165, 1.54) is 0 Å². The van der Waals surface area contributed by atoms with Crippen LogP contribution in [0.15, 0.2) is 66.7 Å². The SMILES string of the molecule is COCOc1c(CNCC(=O)O)cc(C)cc1-c1c2ccccc2cc2ccccc12. The minimum atomic E-state index is -0.896. The van der Waals surface area contributed by atoms with Crippen LogP contribution in [-0.4, -0.2) is 31.5 Å². The van der Waals surface area contributed by atoms with Crippen LogP contribution in [0.4, 0.5) is 0 Å². The molecule has 0 radical (unpaired) electrons. The Hall–Kier alpha value is -3.41. The van der Waals surface area contributed by atoms with Crippen LogP contribution in [0.25, 0.3) is 32.7 Å². The lowest BCUT2D eigenvalue weighted by Gasteiger charge is -2.20. The van der Waals surface area contributed by atoms with Crippen molar-refractivity contribution in [1.82, 2.24) is 5.32 Å². The third-order valence-corrected chi connectivity index (χ3v) is 5.26. The number of ether oxygens (including phenoxy) is 2. The Balaban J connectivity index is 1.99. The van der Waals surface area contributed by atoms with E-state index in [9.17, 15) is 4.79 Å². The van der Waals surface area contributed by atoms with Crippen LogP contribution >= 0.6 is 0 Å². The van der Waals surface area contributed by atoms with Gasteiger partial charge in [-0.3, -0.25) is 4.79 Å². The molecule has 0 saturated heterocycles. The van der Waals surface area contributed by atoms with E-state index in [0.717, 1.165) is 43.8 Å². The smallest absolute Gasteiger partial charge is 0.317 e. The predicted octanol–water partition coefficient (Wildman–Crippen LogP) is 5.13. The van der Waals surface area contributed by atoms with Crippen LogP contribution in [0.2, 0.25) is 0 Å². The highest BCUT2D eigenvalue weighted by molar-refractivity contribution is 6.13. The van der Waals surface area contributed by atoms with E-state index in [0.29, 0.717) is 12.3 Å². The van der Waals surface area contributed by atoms with Gasteiger partial charge in [-0.1, -0.05) is 54.6 Å². The normalized spacial score (nSPS) is 11.2. The highest BCUT2D eigenvalue weighted by Crippen LogP contribution is 2.42. The summed E-state index contributed by atoms with van der Waals surface area (Å²) in [6.45, 7) is 2.40. The lowest BCUT2D eigenvalue weighted by Crippen LogP contribution is -2.22. The number of aryl methyl sites for hydroxylation is 1. The molecule has 0 bridgehead atoms. The number of carboxylic acids is 1. The first-order chi connectivity index (χ1) is 15.1. The Labute approximate surface area is 181 Å². The Morgan fingerprint density at radius 2 is 1.61 bits per heavy atom. The molecule has 4 rings (SSSR count). The van der Waals surface area contributed by atoms with Crippen LogP contribution in [-0.2, 0) is 16.1 Å². The summed E-state index contributed by atoms with van der Waals surface area (Å²) in [7, 11) is 1.59. The fraction of sp³-hybridized carbons (Fsp3) is 0.192. The molecule has 31 heavy (non-hydrogen) atoms. The molecule has 2 N–H and O–H groups in total. The van der Waals surface area contributed by atoms with E-state index in [2.05, 4.69) is 41.7 Å². The van der Waals surface area contributed by atoms with Gasteiger partial charge in [0, 0.05) is 30.3 Å². The molecular formula is C26H25NO4. The number of nitrogens with one attached hydrogen (secondary N) is 1. The second-order valence-electron chi connectivity index (χ2n) is 7.54. The number of carboxylic acid groups (broad SMARTS) is 1. The number of aliphatic carboxylic acids is 1. The fourth-order valence-corrected chi connectivity index (χ4v) is 4.06. The maximum atomic E-state index is 11.0. The van der Waals surface area contributed by atoms with Crippen molar-refractivity contribution in [2.45, 2.75) is 13.5 Å². The first-order valence-electron chi connectivity index (χ1n) is 10.2. The van der Waals surface area contributed by atoms with Gasteiger partial charge < -0.3 is 19.9 Å². The molecule has 0 spiro atoms. The van der Waals surface area contributed by atoms with Gasteiger partial charge in [0.1, 0.15) is 5.75 Å². The average molecular weight is 415 g/mol. The second-order valence-corrected chi connectivity index (χ2v) is 7.54. The lowest BCUT2D eigenvalue weighted by atomic mass is 9.89. The monoisotopic (exact) mass is 415 g/mol. The van der Waals surface area contributed by atoms with Crippen molar-refractivity contribution < 1.29 is 19.4 Å². The molecule has 0 aliphatic carbocycles. The van der Waals surface area contributed by atoms with E-state index in [-0.39, 0.29) is 13.3 Å². The van der Waals surface area contributed by atoms with Gasteiger partial charge >= 0.3 is 5.97 Å². The van der Waals surface area contributed by atoms with E-state index in [1.807, 2.05) is 37.3 Å². The van der Waals surface area contributed by atoms with E-state index in [4.69, 9.17) is 14.6 Å². The Morgan fingerprint density at radius 1 is 0.968 bits per heavy atom. The van der Waals surface area contributed by atoms with Crippen molar-refractivity contribution in [3.63, 3.8) is 0 Å². The molecule has 0 amide bonds. The second kappa shape index (κ2) is 9.16. The molecule has 0 aliphatic heterocycles. The van der Waals surface area contributed by atoms with Crippen molar-refractivity contribution in [1.29, 1.82) is 0 Å². The third-order valence-electron chi connectivity index (χ3n) is 5.26. The van der Waals surface area contributed by atoms with Crippen molar-refractivity contribution >= 4 is 27.5 Å². The van der Waals surface area contributed by atoms with Crippen molar-refractivity contribution in [2.24, 2.45) is 0 Å². The number of benzene rings is 4. The van der Waals surface area contributed by atoms with Crippen LogP contribution < -0.4 is 10.1 Å². The molecule has 4 aromatic carbocycles. The first-order valence-corrected chi connectivity index (χ1v) is 10.2. The van der Waals surface area contributed by atoms with Gasteiger partial charge in [-0.25, -0.2) is 0 Å². The highest BCUT2D eigenvalue weighted by atomic mass is 16.7. The van der Waals surface area contributed by atoms with Gasteiger partial charge in [-0.15, -0.1) is 0 Å². The molecule has 0 fully saturated rings. The number of carbonyl (C=O) groups is 1. The van der Waals surface area contributed by atoms with Gasteiger partial charge in [0.15, 0.2) is 6.79 Å². The maximum Gasteiger partial charge on any atom is 0.317 e.